The fourth-order valence-electron chi connectivity index (χ4n) is 1.97. The number of carboxylic acids is 1. The maximum Gasteiger partial charge on any atom is 0.312 e. The summed E-state index contributed by atoms with van der Waals surface area (Å²) in [7, 11) is 0. The van der Waals surface area contributed by atoms with Crippen LogP contribution in [0.15, 0.2) is 54.6 Å². The first kappa shape index (κ1) is 15.1. The molecule has 2 rings (SSSR count). The molecule has 1 atom stereocenters. The summed E-state index contributed by atoms with van der Waals surface area (Å²) in [5.41, 5.74) is 0.973. The van der Waals surface area contributed by atoms with E-state index < -0.39 is 11.9 Å². The third-order valence-corrected chi connectivity index (χ3v) is 3.41. The average Bonchev–Trinajstić information content (AvgIpc) is 2.48. The van der Waals surface area contributed by atoms with Crippen LogP contribution in [0.25, 0.3) is 0 Å². The van der Waals surface area contributed by atoms with E-state index in [1.165, 1.54) is 0 Å². The quantitative estimate of drug-likeness (QED) is 0.892. The Bertz CT molecular complexity index is 643. The second-order valence-corrected chi connectivity index (χ2v) is 4.90. The molecule has 2 N–H and O–H groups in total. The highest BCUT2D eigenvalue weighted by Gasteiger charge is 2.21. The maximum atomic E-state index is 12.0. The molecule has 2 aromatic carbocycles. The summed E-state index contributed by atoms with van der Waals surface area (Å²) in [5, 5.41) is 12.2. The van der Waals surface area contributed by atoms with Gasteiger partial charge in [0, 0.05) is 6.54 Å². The lowest BCUT2D eigenvalue weighted by Gasteiger charge is -2.14. The summed E-state index contributed by atoms with van der Waals surface area (Å²) in [6.07, 6.45) is 0. The SMILES string of the molecule is O=C(NCC(C(=O)O)c1ccccc1)c1ccccc1Cl. The largest absolute Gasteiger partial charge is 0.481 e. The van der Waals surface area contributed by atoms with Crippen molar-refractivity contribution < 1.29 is 14.7 Å². The van der Waals surface area contributed by atoms with Crippen LogP contribution in [0, 0.1) is 0 Å². The molecule has 0 aromatic heterocycles. The van der Waals surface area contributed by atoms with Gasteiger partial charge in [0.25, 0.3) is 5.91 Å². The molecule has 0 saturated heterocycles. The molecule has 4 nitrogen and oxygen atoms in total. The third kappa shape index (κ3) is 3.83. The zero-order chi connectivity index (χ0) is 15.2. The number of aliphatic carboxylic acids is 1. The molecule has 5 heteroatoms. The number of carbonyl (C=O) groups is 2. The van der Waals surface area contributed by atoms with Crippen molar-refractivity contribution in [1.29, 1.82) is 0 Å². The van der Waals surface area contributed by atoms with Crippen LogP contribution in [0.2, 0.25) is 5.02 Å². The van der Waals surface area contributed by atoms with E-state index in [0.717, 1.165) is 0 Å². The van der Waals surface area contributed by atoms with Crippen molar-refractivity contribution in [1.82, 2.24) is 5.32 Å². The highest BCUT2D eigenvalue weighted by molar-refractivity contribution is 6.33. The lowest BCUT2D eigenvalue weighted by molar-refractivity contribution is -0.138. The number of benzene rings is 2. The summed E-state index contributed by atoms with van der Waals surface area (Å²) >= 11 is 5.94. The Hall–Kier alpha value is -2.33. The summed E-state index contributed by atoms with van der Waals surface area (Å²) in [5.74, 6) is -2.17. The zero-order valence-electron chi connectivity index (χ0n) is 11.1. The Morgan fingerprint density at radius 3 is 2.29 bits per heavy atom. The first-order chi connectivity index (χ1) is 10.1. The first-order valence-electron chi connectivity index (χ1n) is 6.40. The fourth-order valence-corrected chi connectivity index (χ4v) is 2.19. The molecule has 2 aromatic rings. The second-order valence-electron chi connectivity index (χ2n) is 4.49. The van der Waals surface area contributed by atoms with Crippen molar-refractivity contribution in [3.8, 4) is 0 Å². The van der Waals surface area contributed by atoms with Crippen LogP contribution in [0.3, 0.4) is 0 Å². The number of nitrogens with one attached hydrogen (secondary N) is 1. The Kier molecular flexibility index (Phi) is 4.95. The van der Waals surface area contributed by atoms with Gasteiger partial charge in [-0.05, 0) is 17.7 Å². The van der Waals surface area contributed by atoms with E-state index >= 15 is 0 Å². The minimum absolute atomic E-state index is 0.00338. The van der Waals surface area contributed by atoms with Crippen LogP contribution in [0.1, 0.15) is 21.8 Å². The van der Waals surface area contributed by atoms with Crippen molar-refractivity contribution in [3.63, 3.8) is 0 Å². The van der Waals surface area contributed by atoms with Crippen LogP contribution in [-0.4, -0.2) is 23.5 Å². The lowest BCUT2D eigenvalue weighted by Crippen LogP contribution is -2.31. The van der Waals surface area contributed by atoms with Crippen molar-refractivity contribution in [2.75, 3.05) is 6.54 Å². The molecule has 1 unspecified atom stereocenters. The van der Waals surface area contributed by atoms with Gasteiger partial charge < -0.3 is 10.4 Å². The molecule has 0 radical (unpaired) electrons. The molecule has 0 heterocycles. The predicted molar refractivity (Wildman–Crippen MR) is 80.6 cm³/mol. The Morgan fingerprint density at radius 1 is 1.05 bits per heavy atom. The summed E-state index contributed by atoms with van der Waals surface area (Å²) in [6.45, 7) is 0.00338. The molecule has 0 bridgehead atoms. The third-order valence-electron chi connectivity index (χ3n) is 3.09. The number of rotatable bonds is 5. The number of carbonyl (C=O) groups excluding carboxylic acids is 1. The van der Waals surface area contributed by atoms with Gasteiger partial charge in [-0.25, -0.2) is 0 Å². The highest BCUT2D eigenvalue weighted by atomic mass is 35.5. The Morgan fingerprint density at radius 2 is 1.67 bits per heavy atom. The summed E-state index contributed by atoms with van der Waals surface area (Å²) < 4.78 is 0. The van der Waals surface area contributed by atoms with Crippen molar-refractivity contribution in [2.24, 2.45) is 0 Å². The second kappa shape index (κ2) is 6.90. The topological polar surface area (TPSA) is 66.4 Å². The van der Waals surface area contributed by atoms with E-state index in [-0.39, 0.29) is 12.5 Å². The van der Waals surface area contributed by atoms with Crippen molar-refractivity contribution in [3.05, 3.63) is 70.7 Å². The van der Waals surface area contributed by atoms with Crippen LogP contribution in [0.5, 0.6) is 0 Å². The maximum absolute atomic E-state index is 12.0. The average molecular weight is 304 g/mol. The van der Waals surface area contributed by atoms with Gasteiger partial charge in [0.1, 0.15) is 0 Å². The van der Waals surface area contributed by atoms with Crippen LogP contribution in [-0.2, 0) is 4.79 Å². The van der Waals surface area contributed by atoms with Gasteiger partial charge in [-0.2, -0.15) is 0 Å². The molecule has 0 spiro atoms. The van der Waals surface area contributed by atoms with Crippen LogP contribution < -0.4 is 5.32 Å². The van der Waals surface area contributed by atoms with E-state index in [4.69, 9.17) is 11.6 Å². The monoisotopic (exact) mass is 303 g/mol. The summed E-state index contributed by atoms with van der Waals surface area (Å²) in [4.78, 5) is 23.4. The number of hydrogen-bond donors (Lipinski definition) is 2. The minimum atomic E-state index is -0.986. The fraction of sp³-hybridized carbons (Fsp3) is 0.125. The van der Waals surface area contributed by atoms with Gasteiger partial charge in [-0.15, -0.1) is 0 Å². The molecule has 0 saturated carbocycles. The smallest absolute Gasteiger partial charge is 0.312 e. The molecule has 0 fully saturated rings. The standard InChI is InChI=1S/C16H14ClNO3/c17-14-9-5-4-8-12(14)15(19)18-10-13(16(20)21)11-6-2-1-3-7-11/h1-9,13H,10H2,(H,18,19)(H,20,21). The molecular formula is C16H14ClNO3. The van der Waals surface area contributed by atoms with Gasteiger partial charge in [0.05, 0.1) is 16.5 Å². The predicted octanol–water partition coefficient (Wildman–Crippen LogP) is 2.94. The van der Waals surface area contributed by atoms with E-state index in [0.29, 0.717) is 16.1 Å². The molecule has 0 aliphatic heterocycles. The lowest BCUT2D eigenvalue weighted by atomic mass is 9.99. The Balaban J connectivity index is 2.08. The van der Waals surface area contributed by atoms with Gasteiger partial charge in [-0.1, -0.05) is 54.1 Å². The van der Waals surface area contributed by atoms with Crippen molar-refractivity contribution in [2.45, 2.75) is 5.92 Å². The summed E-state index contributed by atoms with van der Waals surface area (Å²) in [6, 6.07) is 15.4. The number of hydrogen-bond acceptors (Lipinski definition) is 2. The highest BCUT2D eigenvalue weighted by Crippen LogP contribution is 2.17. The first-order valence-corrected chi connectivity index (χ1v) is 6.78. The molecule has 0 aliphatic rings. The molecular weight excluding hydrogens is 290 g/mol. The van der Waals surface area contributed by atoms with E-state index in [1.54, 1.807) is 48.5 Å². The van der Waals surface area contributed by atoms with Gasteiger partial charge in [-0.3, -0.25) is 9.59 Å². The van der Waals surface area contributed by atoms with Gasteiger partial charge in [0.2, 0.25) is 0 Å². The van der Waals surface area contributed by atoms with E-state index in [9.17, 15) is 14.7 Å². The number of halogens is 1. The normalized spacial score (nSPS) is 11.7. The molecule has 21 heavy (non-hydrogen) atoms. The zero-order valence-corrected chi connectivity index (χ0v) is 11.9. The Labute approximate surface area is 127 Å². The molecule has 108 valence electrons. The molecule has 0 aliphatic carbocycles. The van der Waals surface area contributed by atoms with E-state index in [1.807, 2.05) is 6.07 Å². The van der Waals surface area contributed by atoms with Crippen LogP contribution in [0.4, 0.5) is 0 Å². The number of amides is 1. The van der Waals surface area contributed by atoms with Gasteiger partial charge in [0.15, 0.2) is 0 Å². The minimum Gasteiger partial charge on any atom is -0.481 e. The van der Waals surface area contributed by atoms with Gasteiger partial charge >= 0.3 is 5.97 Å². The van der Waals surface area contributed by atoms with Crippen LogP contribution >= 0.6 is 11.6 Å². The van der Waals surface area contributed by atoms with Crippen molar-refractivity contribution >= 4 is 23.5 Å². The van der Waals surface area contributed by atoms with E-state index in [2.05, 4.69) is 5.32 Å². The number of carboxylic acid groups (broad SMARTS) is 1. The molecule has 1 amide bonds.